The maximum Gasteiger partial charge on any atom is 0.187 e. The first-order valence-corrected chi connectivity index (χ1v) is 11.2. The van der Waals surface area contributed by atoms with Gasteiger partial charge >= 0.3 is 0 Å². The summed E-state index contributed by atoms with van der Waals surface area (Å²) in [5.41, 5.74) is 5.92. The molecule has 0 bridgehead atoms. The number of halogens is 1. The first-order chi connectivity index (χ1) is 14.8. The molecule has 0 aliphatic rings. The van der Waals surface area contributed by atoms with Gasteiger partial charge in [-0.25, -0.2) is 4.57 Å². The second-order valence-electron chi connectivity index (χ2n) is 8.66. The molecule has 0 amide bonds. The van der Waals surface area contributed by atoms with Crippen LogP contribution in [0.25, 0.3) is 0 Å². The summed E-state index contributed by atoms with van der Waals surface area (Å²) in [6.45, 7) is 11.4. The molecule has 0 fully saturated rings. The molecule has 4 nitrogen and oxygen atoms in total. The topological polar surface area (TPSA) is 53.5 Å². The molecule has 3 aromatic heterocycles. The van der Waals surface area contributed by atoms with Crippen LogP contribution >= 0.6 is 11.6 Å². The molecule has 0 saturated heterocycles. The van der Waals surface area contributed by atoms with Crippen molar-refractivity contribution in [3.63, 3.8) is 0 Å². The Kier molecular flexibility index (Phi) is 7.41. The molecule has 160 valence electrons. The van der Waals surface area contributed by atoms with Crippen LogP contribution in [0.5, 0.6) is 0 Å². The van der Waals surface area contributed by atoms with E-state index < -0.39 is 0 Å². The molecule has 0 spiro atoms. The van der Waals surface area contributed by atoms with Crippen LogP contribution in [-0.2, 0) is 13.0 Å². The van der Waals surface area contributed by atoms with E-state index >= 15 is 0 Å². The molecule has 2 unspecified atom stereocenters. The summed E-state index contributed by atoms with van der Waals surface area (Å²) in [6.07, 6.45) is 8.49. The number of rotatable bonds is 7. The monoisotopic (exact) mass is 433 g/mol. The highest BCUT2D eigenvalue weighted by molar-refractivity contribution is 6.31. The first kappa shape index (κ1) is 22.9. The minimum absolute atomic E-state index is 0.206. The zero-order valence-corrected chi connectivity index (χ0v) is 19.7. The van der Waals surface area contributed by atoms with Gasteiger partial charge in [-0.1, -0.05) is 45.4 Å². The number of pyridine rings is 3. The van der Waals surface area contributed by atoms with Crippen molar-refractivity contribution in [2.75, 3.05) is 0 Å². The second kappa shape index (κ2) is 10.0. The zero-order valence-electron chi connectivity index (χ0n) is 18.9. The number of aryl methyl sites for hydroxylation is 1. The van der Waals surface area contributed by atoms with Crippen molar-refractivity contribution in [1.82, 2.24) is 9.97 Å². The van der Waals surface area contributed by atoms with E-state index in [4.69, 9.17) is 11.6 Å². The Labute approximate surface area is 190 Å². The fraction of sp³-hybridized carbons (Fsp3) is 0.385. The van der Waals surface area contributed by atoms with Crippen LogP contribution in [0.3, 0.4) is 0 Å². The molecule has 0 radical (unpaired) electrons. The highest BCUT2D eigenvalue weighted by atomic mass is 35.5. The Morgan fingerprint density at radius 3 is 2.52 bits per heavy atom. The maximum absolute atomic E-state index is 9.75. The van der Waals surface area contributed by atoms with Crippen LogP contribution < -0.4 is 4.57 Å². The Morgan fingerprint density at radius 1 is 1.10 bits per heavy atom. The fourth-order valence-electron chi connectivity index (χ4n) is 3.98. The van der Waals surface area contributed by atoms with Gasteiger partial charge in [0.05, 0.1) is 11.3 Å². The highest BCUT2D eigenvalue weighted by Gasteiger charge is 2.18. The normalized spacial score (nSPS) is 13.1. The Bertz CT molecular complexity index is 1100. The van der Waals surface area contributed by atoms with Crippen molar-refractivity contribution in [2.45, 2.75) is 65.3 Å². The van der Waals surface area contributed by atoms with E-state index in [9.17, 15) is 5.26 Å². The second-order valence-corrected chi connectivity index (χ2v) is 9.07. The van der Waals surface area contributed by atoms with E-state index in [-0.39, 0.29) is 11.8 Å². The highest BCUT2D eigenvalue weighted by Crippen LogP contribution is 2.25. The van der Waals surface area contributed by atoms with Crippen molar-refractivity contribution < 1.29 is 4.57 Å². The van der Waals surface area contributed by atoms with Gasteiger partial charge in [0.1, 0.15) is 11.1 Å². The quantitative estimate of drug-likeness (QED) is 0.438. The third kappa shape index (κ3) is 5.48. The third-order valence-electron chi connectivity index (χ3n) is 5.87. The lowest BCUT2D eigenvalue weighted by atomic mass is 9.92. The van der Waals surface area contributed by atoms with Crippen molar-refractivity contribution in [1.29, 1.82) is 5.26 Å². The van der Waals surface area contributed by atoms with Crippen molar-refractivity contribution in [3.05, 3.63) is 87.7 Å². The largest absolute Gasteiger partial charge is 0.261 e. The lowest BCUT2D eigenvalue weighted by Crippen LogP contribution is -2.35. The van der Waals surface area contributed by atoms with Gasteiger partial charge in [-0.15, -0.1) is 0 Å². The van der Waals surface area contributed by atoms with Crippen LogP contribution in [0.4, 0.5) is 0 Å². The Morgan fingerprint density at radius 2 is 1.87 bits per heavy atom. The summed E-state index contributed by atoms with van der Waals surface area (Å²) in [5.74, 6) is 0.846. The van der Waals surface area contributed by atoms with E-state index in [1.54, 1.807) is 0 Å². The lowest BCUT2D eigenvalue weighted by Gasteiger charge is -2.16. The number of aromatic nitrogens is 3. The fourth-order valence-corrected chi connectivity index (χ4v) is 4.38. The molecule has 5 heteroatoms. The Balaban J connectivity index is 1.77. The summed E-state index contributed by atoms with van der Waals surface area (Å²) in [6, 6.07) is 10.5. The molecule has 3 heterocycles. The van der Waals surface area contributed by atoms with E-state index in [1.165, 1.54) is 5.56 Å². The van der Waals surface area contributed by atoms with Crippen molar-refractivity contribution >= 4 is 11.6 Å². The van der Waals surface area contributed by atoms with Crippen LogP contribution in [-0.4, -0.2) is 9.97 Å². The van der Waals surface area contributed by atoms with Gasteiger partial charge in [0.15, 0.2) is 18.9 Å². The summed E-state index contributed by atoms with van der Waals surface area (Å²) in [5, 5.41) is 10.5. The maximum atomic E-state index is 9.75. The minimum Gasteiger partial charge on any atom is -0.261 e. The van der Waals surface area contributed by atoms with Gasteiger partial charge in [0.25, 0.3) is 0 Å². The summed E-state index contributed by atoms with van der Waals surface area (Å²) in [4.78, 5) is 9.07. The van der Waals surface area contributed by atoms with Crippen LogP contribution in [0.1, 0.15) is 79.1 Å². The summed E-state index contributed by atoms with van der Waals surface area (Å²) >= 11 is 6.45. The van der Waals surface area contributed by atoms with Gasteiger partial charge in [0, 0.05) is 30.1 Å². The molecule has 0 aliphatic carbocycles. The third-order valence-corrected chi connectivity index (χ3v) is 6.18. The van der Waals surface area contributed by atoms with Crippen molar-refractivity contribution in [2.24, 2.45) is 0 Å². The van der Waals surface area contributed by atoms with Gasteiger partial charge in [-0.05, 0) is 54.0 Å². The summed E-state index contributed by atoms with van der Waals surface area (Å²) in [7, 11) is 0. The van der Waals surface area contributed by atoms with E-state index in [2.05, 4.69) is 66.6 Å². The van der Waals surface area contributed by atoms with Crippen LogP contribution in [0.2, 0.25) is 5.02 Å². The predicted molar refractivity (Wildman–Crippen MR) is 124 cm³/mol. The zero-order chi connectivity index (χ0) is 22.5. The molecule has 31 heavy (non-hydrogen) atoms. The first-order valence-electron chi connectivity index (χ1n) is 10.8. The number of nitrogens with zero attached hydrogens (tertiary/aromatic N) is 4. The predicted octanol–water partition coefficient (Wildman–Crippen LogP) is 5.87. The Hall–Kier alpha value is -2.77. The number of hydrogen-bond donors (Lipinski definition) is 0. The van der Waals surface area contributed by atoms with Gasteiger partial charge in [-0.3, -0.25) is 9.97 Å². The molecular formula is C26H30ClN4+. The van der Waals surface area contributed by atoms with Crippen LogP contribution in [0.15, 0.2) is 49.1 Å². The molecular weight excluding hydrogens is 404 g/mol. The molecule has 0 N–H and O–H groups in total. The van der Waals surface area contributed by atoms with E-state index in [1.807, 2.05) is 37.6 Å². The smallest absolute Gasteiger partial charge is 0.187 e. The van der Waals surface area contributed by atoms with Gasteiger partial charge in [-0.2, -0.15) is 5.26 Å². The van der Waals surface area contributed by atoms with E-state index in [0.29, 0.717) is 17.9 Å². The lowest BCUT2D eigenvalue weighted by molar-refractivity contribution is -0.699. The standard InChI is InChI=1S/C26H30ClN4/c1-17(2)23-8-10-31(16-25(23)27)15-19(4)22-12-21(13-28)26(30-14-22)11-18(3)24-7-6-9-29-20(24)5/h6-10,12,14,16-19H,11,15H2,1-5H3/q+1. The summed E-state index contributed by atoms with van der Waals surface area (Å²) < 4.78 is 2.10. The van der Waals surface area contributed by atoms with Gasteiger partial charge < -0.3 is 0 Å². The molecule has 0 aliphatic heterocycles. The van der Waals surface area contributed by atoms with Crippen molar-refractivity contribution in [3.8, 4) is 6.07 Å². The molecule has 3 aromatic rings. The van der Waals surface area contributed by atoms with E-state index in [0.717, 1.165) is 34.1 Å². The molecule has 0 saturated carbocycles. The van der Waals surface area contributed by atoms with Gasteiger partial charge in [0.2, 0.25) is 0 Å². The molecule has 3 rings (SSSR count). The molecule has 0 aromatic carbocycles. The number of hydrogen-bond acceptors (Lipinski definition) is 3. The van der Waals surface area contributed by atoms with Crippen LogP contribution in [0, 0.1) is 18.3 Å². The minimum atomic E-state index is 0.206. The SMILES string of the molecule is Cc1ncccc1C(C)Cc1ncc(C(C)C[n+]2ccc(C(C)C)c(Cl)c2)cc1C#N. The number of nitriles is 1. The average Bonchev–Trinajstić information content (AvgIpc) is 2.74. The average molecular weight is 434 g/mol. The molecule has 2 atom stereocenters.